The molecule has 2 aromatic carbocycles. The van der Waals surface area contributed by atoms with E-state index in [0.29, 0.717) is 0 Å². The number of rotatable bonds is 3. The number of para-hydroxylation sites is 1. The molecule has 0 aromatic heterocycles. The number of alkyl halides is 3. The van der Waals surface area contributed by atoms with Gasteiger partial charge in [-0.3, -0.25) is 0 Å². The van der Waals surface area contributed by atoms with Crippen LogP contribution in [-0.4, -0.2) is 17.4 Å². The molecule has 0 saturated carbocycles. The molecule has 3 nitrogen and oxygen atoms in total. The average Bonchev–Trinajstić information content (AvgIpc) is 2.38. The summed E-state index contributed by atoms with van der Waals surface area (Å²) in [6, 6.07) is 8.37. The Labute approximate surface area is 116 Å². The van der Waals surface area contributed by atoms with Gasteiger partial charge in [0.25, 0.3) is 0 Å². The van der Waals surface area contributed by atoms with Crippen molar-refractivity contribution in [3.63, 3.8) is 0 Å². The fourth-order valence-corrected chi connectivity index (χ4v) is 1.81. The summed E-state index contributed by atoms with van der Waals surface area (Å²) in [7, 11) is 0. The molecule has 0 saturated heterocycles. The first kappa shape index (κ1) is 14.8. The van der Waals surface area contributed by atoms with Crippen molar-refractivity contribution in [3.05, 3.63) is 53.8 Å². The van der Waals surface area contributed by atoms with E-state index >= 15 is 0 Å². The molecule has 2 rings (SSSR count). The summed E-state index contributed by atoms with van der Waals surface area (Å²) in [5, 5.41) is 8.84. The number of aromatic carboxylic acids is 1. The third-order valence-electron chi connectivity index (χ3n) is 2.63. The third kappa shape index (κ3) is 3.31. The molecule has 0 bridgehead atoms. The summed E-state index contributed by atoms with van der Waals surface area (Å²) >= 11 is 0. The standard InChI is InChI=1S/C14H8F4O3/c15-12-9(5-3-6-10(12)13(19)20)8-4-1-2-7-11(8)21-14(16,17)18/h1-7H,(H,19,20). The van der Waals surface area contributed by atoms with Crippen LogP contribution in [-0.2, 0) is 0 Å². The van der Waals surface area contributed by atoms with Gasteiger partial charge >= 0.3 is 12.3 Å². The summed E-state index contributed by atoms with van der Waals surface area (Å²) < 4.78 is 54.9. The highest BCUT2D eigenvalue weighted by Gasteiger charge is 2.32. The number of carbonyl (C=O) groups is 1. The molecule has 0 fully saturated rings. The minimum Gasteiger partial charge on any atom is -0.478 e. The molecule has 1 N–H and O–H groups in total. The van der Waals surface area contributed by atoms with Crippen LogP contribution in [0.4, 0.5) is 17.6 Å². The van der Waals surface area contributed by atoms with Crippen molar-refractivity contribution in [2.24, 2.45) is 0 Å². The molecule has 0 amide bonds. The second-order valence-electron chi connectivity index (χ2n) is 4.02. The number of hydrogen-bond donors (Lipinski definition) is 1. The number of ether oxygens (including phenoxy) is 1. The molecule has 0 aliphatic carbocycles. The SMILES string of the molecule is O=C(O)c1cccc(-c2ccccc2OC(F)(F)F)c1F. The predicted molar refractivity (Wildman–Crippen MR) is 65.5 cm³/mol. The summed E-state index contributed by atoms with van der Waals surface area (Å²) in [6.07, 6.45) is -4.93. The molecule has 2 aromatic rings. The van der Waals surface area contributed by atoms with Gasteiger partial charge in [0.05, 0.1) is 5.56 Å². The van der Waals surface area contributed by atoms with E-state index in [-0.39, 0.29) is 11.1 Å². The third-order valence-corrected chi connectivity index (χ3v) is 2.63. The smallest absolute Gasteiger partial charge is 0.478 e. The van der Waals surface area contributed by atoms with Gasteiger partial charge in [-0.1, -0.05) is 30.3 Å². The van der Waals surface area contributed by atoms with Crippen LogP contribution in [0.25, 0.3) is 11.1 Å². The van der Waals surface area contributed by atoms with Crippen molar-refractivity contribution < 1.29 is 32.2 Å². The van der Waals surface area contributed by atoms with Crippen LogP contribution in [0.5, 0.6) is 5.75 Å². The number of benzene rings is 2. The topological polar surface area (TPSA) is 46.5 Å². The monoisotopic (exact) mass is 300 g/mol. The molecule has 21 heavy (non-hydrogen) atoms. The number of hydrogen-bond acceptors (Lipinski definition) is 2. The van der Waals surface area contributed by atoms with E-state index in [4.69, 9.17) is 5.11 Å². The lowest BCUT2D eigenvalue weighted by Gasteiger charge is -2.14. The lowest BCUT2D eigenvalue weighted by Crippen LogP contribution is -2.17. The maximum atomic E-state index is 14.1. The Kier molecular flexibility index (Phi) is 3.84. The van der Waals surface area contributed by atoms with Crippen LogP contribution in [0, 0.1) is 5.82 Å². The molecule has 0 atom stereocenters. The molecular weight excluding hydrogens is 292 g/mol. The van der Waals surface area contributed by atoms with Gasteiger partial charge in [0.15, 0.2) is 0 Å². The Morgan fingerprint density at radius 3 is 2.24 bits per heavy atom. The van der Waals surface area contributed by atoms with E-state index < -0.39 is 29.5 Å². The van der Waals surface area contributed by atoms with Gasteiger partial charge in [-0.25, -0.2) is 9.18 Å². The fourth-order valence-electron chi connectivity index (χ4n) is 1.81. The molecule has 0 aliphatic heterocycles. The van der Waals surface area contributed by atoms with Gasteiger partial charge in [0, 0.05) is 11.1 Å². The maximum absolute atomic E-state index is 14.1. The Bertz CT molecular complexity index is 680. The Balaban J connectivity index is 2.58. The van der Waals surface area contributed by atoms with Crippen LogP contribution in [0.2, 0.25) is 0 Å². The van der Waals surface area contributed by atoms with Gasteiger partial charge in [-0.2, -0.15) is 0 Å². The first-order valence-electron chi connectivity index (χ1n) is 5.66. The van der Waals surface area contributed by atoms with E-state index in [2.05, 4.69) is 4.74 Å². The largest absolute Gasteiger partial charge is 0.573 e. The molecule has 7 heteroatoms. The molecule has 0 heterocycles. The zero-order valence-corrected chi connectivity index (χ0v) is 10.3. The van der Waals surface area contributed by atoms with Crippen molar-refractivity contribution in [3.8, 4) is 16.9 Å². The quantitative estimate of drug-likeness (QED) is 0.868. The lowest BCUT2D eigenvalue weighted by atomic mass is 10.0. The van der Waals surface area contributed by atoms with Crippen molar-refractivity contribution in [1.29, 1.82) is 0 Å². The summed E-state index contributed by atoms with van der Waals surface area (Å²) in [5.74, 6) is -3.24. The molecule has 0 radical (unpaired) electrons. The van der Waals surface area contributed by atoms with Gasteiger partial charge in [0.2, 0.25) is 0 Å². The van der Waals surface area contributed by atoms with Gasteiger partial charge in [-0.05, 0) is 12.1 Å². The van der Waals surface area contributed by atoms with Crippen LogP contribution < -0.4 is 4.74 Å². The second kappa shape index (κ2) is 5.43. The van der Waals surface area contributed by atoms with E-state index in [1.807, 2.05) is 0 Å². The van der Waals surface area contributed by atoms with E-state index in [0.717, 1.165) is 12.1 Å². The van der Waals surface area contributed by atoms with Crippen molar-refractivity contribution in [2.45, 2.75) is 6.36 Å². The van der Waals surface area contributed by atoms with E-state index in [1.165, 1.54) is 30.3 Å². The Hall–Kier alpha value is -2.57. The zero-order chi connectivity index (χ0) is 15.6. The fraction of sp³-hybridized carbons (Fsp3) is 0.0714. The average molecular weight is 300 g/mol. The Morgan fingerprint density at radius 1 is 1.00 bits per heavy atom. The number of carboxylic acid groups (broad SMARTS) is 1. The van der Waals surface area contributed by atoms with Gasteiger partial charge in [-0.15, -0.1) is 13.2 Å². The highest BCUT2D eigenvalue weighted by atomic mass is 19.4. The summed E-state index contributed by atoms with van der Waals surface area (Å²) in [5.41, 5.74) is -1.10. The zero-order valence-electron chi connectivity index (χ0n) is 10.3. The van der Waals surface area contributed by atoms with Crippen LogP contribution in [0.15, 0.2) is 42.5 Å². The maximum Gasteiger partial charge on any atom is 0.573 e. The predicted octanol–water partition coefficient (Wildman–Crippen LogP) is 4.09. The molecule has 0 spiro atoms. The van der Waals surface area contributed by atoms with E-state index in [9.17, 15) is 22.4 Å². The lowest BCUT2D eigenvalue weighted by molar-refractivity contribution is -0.274. The van der Waals surface area contributed by atoms with Crippen LogP contribution in [0.3, 0.4) is 0 Å². The normalized spacial score (nSPS) is 11.2. The minimum atomic E-state index is -4.93. The number of halogens is 4. The Morgan fingerprint density at radius 2 is 1.62 bits per heavy atom. The first-order chi connectivity index (χ1) is 9.79. The minimum absolute atomic E-state index is 0.185. The van der Waals surface area contributed by atoms with Crippen LogP contribution >= 0.6 is 0 Å². The van der Waals surface area contributed by atoms with Crippen LogP contribution in [0.1, 0.15) is 10.4 Å². The van der Waals surface area contributed by atoms with E-state index in [1.54, 1.807) is 0 Å². The molecule has 0 unspecified atom stereocenters. The molecule has 0 aliphatic rings. The summed E-state index contributed by atoms with van der Waals surface area (Å²) in [6.45, 7) is 0. The molecular formula is C14H8F4O3. The van der Waals surface area contributed by atoms with Crippen molar-refractivity contribution in [1.82, 2.24) is 0 Å². The van der Waals surface area contributed by atoms with Crippen molar-refractivity contribution in [2.75, 3.05) is 0 Å². The highest BCUT2D eigenvalue weighted by Crippen LogP contribution is 2.35. The van der Waals surface area contributed by atoms with Gasteiger partial charge in [0.1, 0.15) is 11.6 Å². The summed E-state index contributed by atoms with van der Waals surface area (Å²) in [4.78, 5) is 10.9. The highest BCUT2D eigenvalue weighted by molar-refractivity contribution is 5.90. The molecule has 110 valence electrons. The first-order valence-corrected chi connectivity index (χ1v) is 5.66. The number of carboxylic acids is 1. The van der Waals surface area contributed by atoms with Crippen molar-refractivity contribution >= 4 is 5.97 Å². The second-order valence-corrected chi connectivity index (χ2v) is 4.02. The van der Waals surface area contributed by atoms with Gasteiger partial charge < -0.3 is 9.84 Å².